The second-order valence-electron chi connectivity index (χ2n) is 11.9. The van der Waals surface area contributed by atoms with Crippen LogP contribution in [0.4, 0.5) is 13.2 Å². The minimum atomic E-state index is -4.70. The number of carbonyl (C=O) groups is 1. The average Bonchev–Trinajstić information content (AvgIpc) is 3.37. The molecule has 6 rings (SSSR count). The van der Waals surface area contributed by atoms with Gasteiger partial charge in [-0.05, 0) is 71.8 Å². The summed E-state index contributed by atoms with van der Waals surface area (Å²) in [5.41, 5.74) is 5.70. The molecule has 0 amide bonds. The summed E-state index contributed by atoms with van der Waals surface area (Å²) in [7, 11) is -4.70. The van der Waals surface area contributed by atoms with Crippen LogP contribution in [-0.4, -0.2) is 30.6 Å². The summed E-state index contributed by atoms with van der Waals surface area (Å²) < 4.78 is 73.5. The molecule has 256 valence electrons. The van der Waals surface area contributed by atoms with Crippen LogP contribution < -0.4 is 4.72 Å². The Kier molecular flexibility index (Phi) is 10.4. The first kappa shape index (κ1) is 34.9. The number of nitrogens with one attached hydrogen (secondary N) is 1. The number of sulfonamides is 1. The normalized spacial score (nSPS) is 11.8. The fraction of sp³-hybridized carbons (Fsp3) is 0.154. The van der Waals surface area contributed by atoms with Gasteiger partial charge in [-0.1, -0.05) is 84.4 Å². The van der Waals surface area contributed by atoms with E-state index in [1.807, 2.05) is 72.8 Å². The summed E-state index contributed by atoms with van der Waals surface area (Å²) >= 11 is 6.56. The van der Waals surface area contributed by atoms with Gasteiger partial charge in [-0.3, -0.25) is 0 Å². The predicted octanol–water partition coefficient (Wildman–Crippen LogP) is 8.74. The quantitative estimate of drug-likeness (QED) is 0.125. The van der Waals surface area contributed by atoms with Gasteiger partial charge in [-0.25, -0.2) is 31.1 Å². The van der Waals surface area contributed by atoms with Crippen molar-refractivity contribution in [3.05, 3.63) is 171 Å². The van der Waals surface area contributed by atoms with E-state index in [4.69, 9.17) is 11.6 Å². The van der Waals surface area contributed by atoms with Crippen molar-refractivity contribution < 1.29 is 31.5 Å². The molecule has 2 N–H and O–H groups in total. The maximum Gasteiger partial charge on any atom is 0.335 e. The number of carboxylic acid groups (broad SMARTS) is 1. The summed E-state index contributed by atoms with van der Waals surface area (Å²) in [6, 6.07) is 32.4. The van der Waals surface area contributed by atoms with Gasteiger partial charge in [-0.15, -0.1) is 0 Å². The van der Waals surface area contributed by atoms with Crippen LogP contribution in [0.2, 0.25) is 5.02 Å². The predicted molar refractivity (Wildman–Crippen MR) is 188 cm³/mol. The van der Waals surface area contributed by atoms with Gasteiger partial charge < -0.3 is 9.67 Å². The Hall–Kier alpha value is -4.90. The highest BCUT2D eigenvalue weighted by molar-refractivity contribution is 7.89. The van der Waals surface area contributed by atoms with E-state index in [1.54, 1.807) is 30.3 Å². The van der Waals surface area contributed by atoms with E-state index in [9.17, 15) is 31.5 Å². The fourth-order valence-electron chi connectivity index (χ4n) is 6.46. The molecule has 11 heteroatoms. The maximum absolute atomic E-state index is 14.5. The van der Waals surface area contributed by atoms with E-state index in [2.05, 4.69) is 9.29 Å². The van der Waals surface area contributed by atoms with E-state index in [-0.39, 0.29) is 24.6 Å². The molecule has 0 aliphatic heterocycles. The molecule has 0 aliphatic carbocycles. The van der Waals surface area contributed by atoms with E-state index < -0.39 is 38.3 Å². The number of aryl methyl sites for hydroxylation is 2. The molecule has 1 heterocycles. The zero-order chi connectivity index (χ0) is 35.4. The number of carboxylic acids is 1. The number of hydrogen-bond donors (Lipinski definition) is 2. The number of hydrogen-bond acceptors (Lipinski definition) is 3. The number of benzene rings is 5. The largest absolute Gasteiger partial charge is 0.478 e. The maximum atomic E-state index is 14.5. The Morgan fingerprint density at radius 2 is 1.38 bits per heavy atom. The van der Waals surface area contributed by atoms with Crippen molar-refractivity contribution in [2.45, 2.75) is 36.6 Å². The standard InChI is InChI=1S/C39H32ClF3N2O4S/c40-29-18-19-35-32(22-29)31(13-7-8-25-14-16-28(17-15-25)39(46)47)36(20-21-44-50(48,49)38-33(42)23-30(41)24-34(38)43)45(35)37(26-9-3-1-4-10-26)27-11-5-2-6-12-27/h1-6,9-12,14-19,22-24,37,44H,7-8,13,20-21H2,(H,46,47). The zero-order valence-corrected chi connectivity index (χ0v) is 28.2. The topological polar surface area (TPSA) is 88.4 Å². The van der Waals surface area contributed by atoms with Gasteiger partial charge in [0, 0.05) is 46.7 Å². The van der Waals surface area contributed by atoms with E-state index in [0.717, 1.165) is 38.9 Å². The third-order valence-corrected chi connectivity index (χ3v) is 10.4. The number of aromatic carboxylic acids is 1. The number of halogens is 4. The van der Waals surface area contributed by atoms with Crippen molar-refractivity contribution in [1.82, 2.24) is 9.29 Å². The molecule has 1 aromatic heterocycles. The lowest BCUT2D eigenvalue weighted by Gasteiger charge is -2.25. The van der Waals surface area contributed by atoms with E-state index in [1.165, 1.54) is 0 Å². The zero-order valence-electron chi connectivity index (χ0n) is 26.6. The van der Waals surface area contributed by atoms with Crippen molar-refractivity contribution in [3.8, 4) is 0 Å². The first-order valence-corrected chi connectivity index (χ1v) is 17.8. The Labute approximate surface area is 292 Å². The second kappa shape index (κ2) is 14.9. The summed E-state index contributed by atoms with van der Waals surface area (Å²) in [5, 5.41) is 10.7. The Morgan fingerprint density at radius 3 is 1.96 bits per heavy atom. The summed E-state index contributed by atoms with van der Waals surface area (Å²) in [5.74, 6) is -5.27. The van der Waals surface area contributed by atoms with Gasteiger partial charge in [0.05, 0.1) is 11.6 Å². The second-order valence-corrected chi connectivity index (χ2v) is 14.0. The van der Waals surface area contributed by atoms with Gasteiger partial charge >= 0.3 is 5.97 Å². The lowest BCUT2D eigenvalue weighted by atomic mass is 9.97. The molecule has 5 aromatic carbocycles. The lowest BCUT2D eigenvalue weighted by Crippen LogP contribution is -2.29. The molecule has 0 saturated carbocycles. The number of rotatable bonds is 13. The lowest BCUT2D eigenvalue weighted by molar-refractivity contribution is 0.0697. The van der Waals surface area contributed by atoms with Crippen molar-refractivity contribution in [3.63, 3.8) is 0 Å². The van der Waals surface area contributed by atoms with Crippen molar-refractivity contribution in [1.29, 1.82) is 0 Å². The molecule has 6 aromatic rings. The molecule has 0 unspecified atom stereocenters. The third-order valence-electron chi connectivity index (χ3n) is 8.65. The number of fused-ring (bicyclic) bond motifs is 1. The minimum absolute atomic E-state index is 0.134. The third kappa shape index (κ3) is 7.47. The van der Waals surface area contributed by atoms with Crippen molar-refractivity contribution in [2.75, 3.05) is 6.54 Å². The number of nitrogens with zero attached hydrogens (tertiary/aromatic N) is 1. The summed E-state index contributed by atoms with van der Waals surface area (Å²) in [4.78, 5) is 10.1. The highest BCUT2D eigenvalue weighted by Gasteiger charge is 2.28. The smallest absolute Gasteiger partial charge is 0.335 e. The highest BCUT2D eigenvalue weighted by Crippen LogP contribution is 2.38. The van der Waals surface area contributed by atoms with Crippen LogP contribution >= 0.6 is 11.6 Å². The SMILES string of the molecule is O=C(O)c1ccc(CCCc2c(CCNS(=O)(=O)c3c(F)cc(F)cc3F)n(C(c3ccccc3)c3ccccc3)c3ccc(Cl)cc23)cc1. The molecule has 0 atom stereocenters. The van der Waals surface area contributed by atoms with Gasteiger partial charge in [0.1, 0.15) is 17.5 Å². The average molecular weight is 717 g/mol. The highest BCUT2D eigenvalue weighted by atomic mass is 35.5. The van der Waals surface area contributed by atoms with Gasteiger partial charge in [0.2, 0.25) is 10.0 Å². The summed E-state index contributed by atoms with van der Waals surface area (Å²) in [6.07, 6.45) is 2.01. The van der Waals surface area contributed by atoms with Crippen LogP contribution in [-0.2, 0) is 29.3 Å². The van der Waals surface area contributed by atoms with Crippen molar-refractivity contribution in [2.24, 2.45) is 0 Å². The van der Waals surface area contributed by atoms with Crippen LogP contribution in [0.1, 0.15) is 50.8 Å². The molecule has 0 saturated heterocycles. The van der Waals surface area contributed by atoms with Crippen LogP contribution in [0.15, 0.2) is 120 Å². The molecule has 0 radical (unpaired) electrons. The molecule has 50 heavy (non-hydrogen) atoms. The molecular weight excluding hydrogens is 685 g/mol. The van der Waals surface area contributed by atoms with Crippen molar-refractivity contribution >= 4 is 38.5 Å². The molecule has 0 bridgehead atoms. The van der Waals surface area contributed by atoms with Gasteiger partial charge in [-0.2, -0.15) is 0 Å². The van der Waals surface area contributed by atoms with E-state index in [0.29, 0.717) is 36.4 Å². The van der Waals surface area contributed by atoms with Gasteiger partial charge in [0.25, 0.3) is 0 Å². The Bertz CT molecular complexity index is 2200. The Morgan fingerprint density at radius 1 is 0.780 bits per heavy atom. The van der Waals surface area contributed by atoms with Crippen LogP contribution in [0.3, 0.4) is 0 Å². The van der Waals surface area contributed by atoms with Crippen LogP contribution in [0.25, 0.3) is 10.9 Å². The minimum Gasteiger partial charge on any atom is -0.478 e. The number of aromatic nitrogens is 1. The van der Waals surface area contributed by atoms with Gasteiger partial charge in [0.15, 0.2) is 4.90 Å². The fourth-order valence-corrected chi connectivity index (χ4v) is 7.78. The molecule has 0 spiro atoms. The summed E-state index contributed by atoms with van der Waals surface area (Å²) in [6.45, 7) is -0.220. The molecular formula is C39H32ClF3N2O4S. The van der Waals surface area contributed by atoms with Crippen LogP contribution in [0.5, 0.6) is 0 Å². The molecule has 0 fully saturated rings. The Balaban J connectivity index is 1.44. The monoisotopic (exact) mass is 716 g/mol. The first-order valence-electron chi connectivity index (χ1n) is 15.9. The molecule has 0 aliphatic rings. The van der Waals surface area contributed by atoms with Crippen LogP contribution in [0, 0.1) is 17.5 Å². The molecule has 6 nitrogen and oxygen atoms in total. The van der Waals surface area contributed by atoms with E-state index >= 15 is 0 Å². The first-order chi connectivity index (χ1) is 24.0.